The van der Waals surface area contributed by atoms with E-state index >= 15 is 0 Å². The van der Waals surface area contributed by atoms with E-state index in [2.05, 4.69) is 33.9 Å². The predicted molar refractivity (Wildman–Crippen MR) is 87.1 cm³/mol. The van der Waals surface area contributed by atoms with Crippen molar-refractivity contribution in [2.75, 3.05) is 12.4 Å². The molecule has 20 heavy (non-hydrogen) atoms. The Morgan fingerprint density at radius 1 is 1.25 bits per heavy atom. The van der Waals surface area contributed by atoms with E-state index in [1.807, 2.05) is 31.2 Å². The second-order valence-corrected chi connectivity index (χ2v) is 5.69. The number of anilines is 1. The third-order valence-corrected chi connectivity index (χ3v) is 3.75. The minimum Gasteiger partial charge on any atom is -0.497 e. The van der Waals surface area contributed by atoms with E-state index < -0.39 is 0 Å². The summed E-state index contributed by atoms with van der Waals surface area (Å²) in [6.07, 6.45) is 0. The van der Waals surface area contributed by atoms with Crippen LogP contribution in [0, 0.1) is 6.92 Å². The highest BCUT2D eigenvalue weighted by molar-refractivity contribution is 9.10. The van der Waals surface area contributed by atoms with Gasteiger partial charge >= 0.3 is 0 Å². The number of benzene rings is 2. The summed E-state index contributed by atoms with van der Waals surface area (Å²) >= 11 is 7.67. The van der Waals surface area contributed by atoms with Gasteiger partial charge in [0.1, 0.15) is 5.75 Å². The molecule has 0 bridgehead atoms. The number of halogens is 1. The molecule has 0 spiro atoms. The fourth-order valence-electron chi connectivity index (χ4n) is 1.79. The Balaban J connectivity index is 2.23. The van der Waals surface area contributed by atoms with Gasteiger partial charge in [-0.3, -0.25) is 4.79 Å². The van der Waals surface area contributed by atoms with E-state index in [0.717, 1.165) is 21.5 Å². The molecule has 0 atom stereocenters. The van der Waals surface area contributed by atoms with Gasteiger partial charge in [0.2, 0.25) is 0 Å². The highest BCUT2D eigenvalue weighted by Gasteiger charge is 2.11. The topological polar surface area (TPSA) is 38.3 Å². The lowest BCUT2D eigenvalue weighted by molar-refractivity contribution is 0.102. The van der Waals surface area contributed by atoms with Crippen molar-refractivity contribution in [3.05, 3.63) is 52.0 Å². The lowest BCUT2D eigenvalue weighted by Crippen LogP contribution is -2.13. The zero-order chi connectivity index (χ0) is 14.7. The molecule has 1 amide bonds. The van der Waals surface area contributed by atoms with E-state index in [-0.39, 0.29) is 5.91 Å². The van der Waals surface area contributed by atoms with Gasteiger partial charge in [-0.1, -0.05) is 15.9 Å². The second kappa shape index (κ2) is 6.33. The molecular formula is C15H14BrNO2S. The van der Waals surface area contributed by atoms with E-state index in [9.17, 15) is 4.79 Å². The third kappa shape index (κ3) is 3.35. The summed E-state index contributed by atoms with van der Waals surface area (Å²) in [4.78, 5) is 12.9. The molecule has 0 radical (unpaired) electrons. The summed E-state index contributed by atoms with van der Waals surface area (Å²) in [5, 5.41) is 2.88. The zero-order valence-electron chi connectivity index (χ0n) is 11.1. The van der Waals surface area contributed by atoms with Crippen LogP contribution in [0.2, 0.25) is 0 Å². The van der Waals surface area contributed by atoms with Crippen molar-refractivity contribution >= 4 is 40.2 Å². The first kappa shape index (κ1) is 14.9. The summed E-state index contributed by atoms with van der Waals surface area (Å²) in [5.41, 5.74) is 2.23. The molecule has 0 saturated carbocycles. The van der Waals surface area contributed by atoms with Gasteiger partial charge in [-0.25, -0.2) is 0 Å². The van der Waals surface area contributed by atoms with Crippen molar-refractivity contribution in [2.24, 2.45) is 0 Å². The number of hydrogen-bond donors (Lipinski definition) is 2. The van der Waals surface area contributed by atoms with Crippen molar-refractivity contribution in [2.45, 2.75) is 11.8 Å². The molecule has 0 aliphatic heterocycles. The Morgan fingerprint density at radius 3 is 2.60 bits per heavy atom. The van der Waals surface area contributed by atoms with Crippen LogP contribution in [-0.4, -0.2) is 13.0 Å². The molecule has 0 aliphatic carbocycles. The molecule has 2 aromatic carbocycles. The van der Waals surface area contributed by atoms with Gasteiger partial charge < -0.3 is 10.1 Å². The minimum atomic E-state index is -0.184. The molecule has 2 rings (SSSR count). The van der Waals surface area contributed by atoms with Gasteiger partial charge in [0.05, 0.1) is 12.7 Å². The molecule has 0 aromatic heterocycles. The monoisotopic (exact) mass is 351 g/mol. The smallest absolute Gasteiger partial charge is 0.256 e. The molecule has 5 heteroatoms. The quantitative estimate of drug-likeness (QED) is 0.808. The third-order valence-electron chi connectivity index (χ3n) is 2.89. The molecule has 0 unspecified atom stereocenters. The van der Waals surface area contributed by atoms with E-state index in [4.69, 9.17) is 4.74 Å². The Morgan fingerprint density at radius 2 is 2.00 bits per heavy atom. The SMILES string of the molecule is COc1ccc(NC(=O)c2ccc(Br)cc2S)c(C)c1. The second-order valence-electron chi connectivity index (χ2n) is 4.30. The van der Waals surface area contributed by atoms with Crippen LogP contribution < -0.4 is 10.1 Å². The predicted octanol–water partition coefficient (Wildman–Crippen LogP) is 4.31. The maximum absolute atomic E-state index is 12.2. The number of nitrogens with one attached hydrogen (secondary N) is 1. The number of methoxy groups -OCH3 is 1. The average Bonchev–Trinajstić information content (AvgIpc) is 2.40. The molecule has 2 aromatic rings. The van der Waals surface area contributed by atoms with Crippen LogP contribution in [0.5, 0.6) is 5.75 Å². The van der Waals surface area contributed by atoms with Crippen molar-refractivity contribution < 1.29 is 9.53 Å². The molecule has 0 aliphatic rings. The molecule has 0 fully saturated rings. The number of aryl methyl sites for hydroxylation is 1. The van der Waals surface area contributed by atoms with Crippen LogP contribution in [0.4, 0.5) is 5.69 Å². The van der Waals surface area contributed by atoms with Crippen molar-refractivity contribution in [1.82, 2.24) is 0 Å². The largest absolute Gasteiger partial charge is 0.497 e. The highest BCUT2D eigenvalue weighted by Crippen LogP contribution is 2.24. The van der Waals surface area contributed by atoms with Gasteiger partial charge in [0.25, 0.3) is 5.91 Å². The van der Waals surface area contributed by atoms with Crippen LogP contribution in [0.15, 0.2) is 45.8 Å². The number of thiol groups is 1. The summed E-state index contributed by atoms with van der Waals surface area (Å²) < 4.78 is 6.03. The van der Waals surface area contributed by atoms with Crippen LogP contribution >= 0.6 is 28.6 Å². The Kier molecular flexibility index (Phi) is 4.73. The average molecular weight is 352 g/mol. The molecule has 0 heterocycles. The lowest BCUT2D eigenvalue weighted by atomic mass is 10.1. The minimum absolute atomic E-state index is 0.184. The number of rotatable bonds is 3. The Hall–Kier alpha value is -1.46. The molecular weight excluding hydrogens is 338 g/mol. The first-order valence-electron chi connectivity index (χ1n) is 5.96. The Labute approximate surface area is 131 Å². The van der Waals surface area contributed by atoms with Gasteiger partial charge in [0, 0.05) is 15.1 Å². The van der Waals surface area contributed by atoms with Gasteiger partial charge in [-0.2, -0.15) is 0 Å². The number of carbonyl (C=O) groups excluding carboxylic acids is 1. The fourth-order valence-corrected chi connectivity index (χ4v) is 2.64. The Bertz CT molecular complexity index is 658. The van der Waals surface area contributed by atoms with Crippen LogP contribution in [-0.2, 0) is 0 Å². The molecule has 0 saturated heterocycles. The number of amides is 1. The summed E-state index contributed by atoms with van der Waals surface area (Å²) in [6, 6.07) is 10.8. The fraction of sp³-hybridized carbons (Fsp3) is 0.133. The van der Waals surface area contributed by atoms with Gasteiger partial charge in [-0.05, 0) is 48.9 Å². The number of carbonyl (C=O) groups is 1. The highest BCUT2D eigenvalue weighted by atomic mass is 79.9. The van der Waals surface area contributed by atoms with Crippen LogP contribution in [0.1, 0.15) is 15.9 Å². The standard InChI is InChI=1S/C15H14BrNO2S/c1-9-7-11(19-2)4-6-13(9)17-15(18)12-5-3-10(16)8-14(12)20/h3-8,20H,1-2H3,(H,17,18). The zero-order valence-corrected chi connectivity index (χ0v) is 13.6. The lowest BCUT2D eigenvalue weighted by Gasteiger charge is -2.11. The normalized spacial score (nSPS) is 10.2. The summed E-state index contributed by atoms with van der Waals surface area (Å²) in [5.74, 6) is 0.579. The van der Waals surface area contributed by atoms with Crippen LogP contribution in [0.25, 0.3) is 0 Å². The van der Waals surface area contributed by atoms with E-state index in [1.54, 1.807) is 19.2 Å². The maximum Gasteiger partial charge on any atom is 0.256 e. The maximum atomic E-state index is 12.2. The first-order valence-corrected chi connectivity index (χ1v) is 7.20. The molecule has 1 N–H and O–H groups in total. The van der Waals surface area contributed by atoms with Crippen molar-refractivity contribution in [3.8, 4) is 5.75 Å². The first-order chi connectivity index (χ1) is 9.51. The molecule has 3 nitrogen and oxygen atoms in total. The van der Waals surface area contributed by atoms with Crippen molar-refractivity contribution in [3.63, 3.8) is 0 Å². The molecule has 104 valence electrons. The summed E-state index contributed by atoms with van der Waals surface area (Å²) in [6.45, 7) is 1.92. The van der Waals surface area contributed by atoms with Gasteiger partial charge in [0.15, 0.2) is 0 Å². The van der Waals surface area contributed by atoms with E-state index in [0.29, 0.717) is 10.5 Å². The van der Waals surface area contributed by atoms with Crippen LogP contribution in [0.3, 0.4) is 0 Å². The van der Waals surface area contributed by atoms with E-state index in [1.165, 1.54) is 0 Å². The number of hydrogen-bond acceptors (Lipinski definition) is 3. The van der Waals surface area contributed by atoms with Gasteiger partial charge in [-0.15, -0.1) is 12.6 Å². The number of ether oxygens (including phenoxy) is 1. The summed E-state index contributed by atoms with van der Waals surface area (Å²) in [7, 11) is 1.61. The van der Waals surface area contributed by atoms with Crippen molar-refractivity contribution in [1.29, 1.82) is 0 Å².